The second kappa shape index (κ2) is 9.36. The number of aryl methyl sites for hydroxylation is 1. The zero-order valence-electron chi connectivity index (χ0n) is 17.7. The zero-order chi connectivity index (χ0) is 22.6. The number of ketones is 1. The van der Waals surface area contributed by atoms with Crippen LogP contribution in [0.5, 0.6) is 0 Å². The highest BCUT2D eigenvalue weighted by Gasteiger charge is 2.22. The Labute approximate surface area is 181 Å². The van der Waals surface area contributed by atoms with E-state index < -0.39 is 10.0 Å². The lowest BCUT2D eigenvalue weighted by Crippen LogP contribution is -2.30. The Morgan fingerprint density at radius 1 is 1.10 bits per heavy atom. The maximum Gasteiger partial charge on any atom is 0.243 e. The standard InChI is InChI=1S/C21H25N5O4S/c1-4-25(5-2)31(29,30)18-9-10-20-19(14-18)23-24-26(20)12-11-21(28)22-17-8-6-7-16(13-17)15(3)27/h6-10,13-14H,4-5,11-12H2,1-3H3,(H,22,28). The van der Waals surface area contributed by atoms with Crippen molar-refractivity contribution in [3.05, 3.63) is 48.0 Å². The zero-order valence-corrected chi connectivity index (χ0v) is 18.5. The Morgan fingerprint density at radius 3 is 2.52 bits per heavy atom. The summed E-state index contributed by atoms with van der Waals surface area (Å²) in [5.74, 6) is -0.308. The lowest BCUT2D eigenvalue weighted by atomic mass is 10.1. The third-order valence-corrected chi connectivity index (χ3v) is 6.98. The van der Waals surface area contributed by atoms with Gasteiger partial charge >= 0.3 is 0 Å². The highest BCUT2D eigenvalue weighted by Crippen LogP contribution is 2.21. The second-order valence-electron chi connectivity index (χ2n) is 6.99. The summed E-state index contributed by atoms with van der Waals surface area (Å²) in [5, 5.41) is 10.9. The van der Waals surface area contributed by atoms with Crippen molar-refractivity contribution in [1.29, 1.82) is 0 Å². The number of hydrogen-bond donors (Lipinski definition) is 1. The molecule has 9 nitrogen and oxygen atoms in total. The highest BCUT2D eigenvalue weighted by atomic mass is 32.2. The van der Waals surface area contributed by atoms with Crippen LogP contribution in [0.4, 0.5) is 5.69 Å². The number of hydrogen-bond acceptors (Lipinski definition) is 6. The van der Waals surface area contributed by atoms with Gasteiger partial charge in [-0.3, -0.25) is 9.59 Å². The average Bonchev–Trinajstić information content (AvgIpc) is 3.15. The first kappa shape index (κ1) is 22.6. The number of carbonyl (C=O) groups is 2. The number of sulfonamides is 1. The summed E-state index contributed by atoms with van der Waals surface area (Å²) in [6.07, 6.45) is 0.141. The molecule has 0 unspecified atom stereocenters. The molecule has 0 bridgehead atoms. The minimum absolute atomic E-state index is 0.0763. The van der Waals surface area contributed by atoms with E-state index in [9.17, 15) is 18.0 Å². The number of carbonyl (C=O) groups excluding carboxylic acids is 2. The Morgan fingerprint density at radius 2 is 1.84 bits per heavy atom. The fourth-order valence-corrected chi connectivity index (χ4v) is 4.72. The maximum atomic E-state index is 12.7. The van der Waals surface area contributed by atoms with Crippen LogP contribution in [0.3, 0.4) is 0 Å². The molecule has 0 saturated heterocycles. The SMILES string of the molecule is CCN(CC)S(=O)(=O)c1ccc2c(c1)nnn2CCC(=O)Nc1cccc(C(C)=O)c1. The molecule has 1 amide bonds. The normalized spacial score (nSPS) is 11.7. The number of rotatable bonds is 9. The summed E-state index contributed by atoms with van der Waals surface area (Å²) in [6, 6.07) is 11.4. The first-order chi connectivity index (χ1) is 14.8. The van der Waals surface area contributed by atoms with Gasteiger partial charge in [-0.05, 0) is 37.3 Å². The number of Topliss-reactive ketones (excluding diaryl/α,β-unsaturated/α-hetero) is 1. The molecule has 0 spiro atoms. The smallest absolute Gasteiger partial charge is 0.243 e. The van der Waals surface area contributed by atoms with Gasteiger partial charge in [-0.2, -0.15) is 4.31 Å². The summed E-state index contributed by atoms with van der Waals surface area (Å²) in [4.78, 5) is 23.9. The van der Waals surface area contributed by atoms with Crippen LogP contribution < -0.4 is 5.32 Å². The Hall–Kier alpha value is -3.11. The van der Waals surface area contributed by atoms with Gasteiger partial charge in [0, 0.05) is 30.8 Å². The molecule has 0 atom stereocenters. The van der Waals surface area contributed by atoms with E-state index in [0.29, 0.717) is 35.4 Å². The van der Waals surface area contributed by atoms with Crippen LogP contribution in [0.15, 0.2) is 47.4 Å². The molecule has 0 fully saturated rings. The van der Waals surface area contributed by atoms with Gasteiger partial charge in [0.2, 0.25) is 15.9 Å². The third-order valence-electron chi connectivity index (χ3n) is 4.93. The van der Waals surface area contributed by atoms with Crippen molar-refractivity contribution in [2.45, 2.75) is 38.6 Å². The highest BCUT2D eigenvalue weighted by molar-refractivity contribution is 7.89. The van der Waals surface area contributed by atoms with Gasteiger partial charge in [0.05, 0.1) is 17.0 Å². The van der Waals surface area contributed by atoms with Gasteiger partial charge in [0.1, 0.15) is 5.52 Å². The van der Waals surface area contributed by atoms with Crippen molar-refractivity contribution in [2.75, 3.05) is 18.4 Å². The van der Waals surface area contributed by atoms with Crippen LogP contribution in [0, 0.1) is 0 Å². The van der Waals surface area contributed by atoms with E-state index in [4.69, 9.17) is 0 Å². The molecule has 2 aromatic carbocycles. The van der Waals surface area contributed by atoms with Crippen LogP contribution in [-0.2, 0) is 21.4 Å². The molecular weight excluding hydrogens is 418 g/mol. The van der Waals surface area contributed by atoms with E-state index in [1.807, 2.05) is 0 Å². The molecule has 0 aliphatic rings. The van der Waals surface area contributed by atoms with Crippen LogP contribution in [0.2, 0.25) is 0 Å². The number of nitrogens with zero attached hydrogens (tertiary/aromatic N) is 4. The summed E-state index contributed by atoms with van der Waals surface area (Å²) in [6.45, 7) is 6.09. The molecule has 0 radical (unpaired) electrons. The summed E-state index contributed by atoms with van der Waals surface area (Å²) >= 11 is 0. The Kier molecular flexibility index (Phi) is 6.81. The fraction of sp³-hybridized carbons (Fsp3) is 0.333. The van der Waals surface area contributed by atoms with Gasteiger partial charge in [-0.15, -0.1) is 5.10 Å². The van der Waals surface area contributed by atoms with Crippen molar-refractivity contribution < 1.29 is 18.0 Å². The van der Waals surface area contributed by atoms with E-state index in [0.717, 1.165) is 0 Å². The maximum absolute atomic E-state index is 12.7. The van der Waals surface area contributed by atoms with Crippen molar-refractivity contribution in [3.63, 3.8) is 0 Å². The van der Waals surface area contributed by atoms with Gasteiger partial charge in [-0.1, -0.05) is 31.2 Å². The van der Waals surface area contributed by atoms with E-state index in [-0.39, 0.29) is 29.6 Å². The summed E-state index contributed by atoms with van der Waals surface area (Å²) < 4.78 is 28.3. The quantitative estimate of drug-likeness (QED) is 0.509. The van der Waals surface area contributed by atoms with E-state index in [1.165, 1.54) is 23.4 Å². The molecule has 164 valence electrons. The molecule has 3 rings (SSSR count). The average molecular weight is 444 g/mol. The Balaban J connectivity index is 1.71. The lowest BCUT2D eigenvalue weighted by Gasteiger charge is -2.18. The van der Waals surface area contributed by atoms with Crippen LogP contribution >= 0.6 is 0 Å². The molecule has 1 N–H and O–H groups in total. The minimum Gasteiger partial charge on any atom is -0.326 e. The Bertz CT molecular complexity index is 1220. The molecule has 1 heterocycles. The molecule has 0 saturated carbocycles. The van der Waals surface area contributed by atoms with Crippen molar-refractivity contribution in [3.8, 4) is 0 Å². The molecular formula is C21H25N5O4S. The first-order valence-corrected chi connectivity index (χ1v) is 11.4. The van der Waals surface area contributed by atoms with Crippen LogP contribution in [0.25, 0.3) is 11.0 Å². The minimum atomic E-state index is -3.59. The molecule has 3 aromatic rings. The number of amides is 1. The molecule has 0 aliphatic carbocycles. The predicted molar refractivity (Wildman–Crippen MR) is 117 cm³/mol. The molecule has 10 heteroatoms. The van der Waals surface area contributed by atoms with Crippen molar-refractivity contribution >= 4 is 38.4 Å². The largest absolute Gasteiger partial charge is 0.326 e. The van der Waals surface area contributed by atoms with Crippen molar-refractivity contribution in [2.24, 2.45) is 0 Å². The van der Waals surface area contributed by atoms with Crippen LogP contribution in [0.1, 0.15) is 37.6 Å². The molecule has 0 aliphatic heterocycles. The summed E-state index contributed by atoms with van der Waals surface area (Å²) in [7, 11) is -3.59. The van der Waals surface area contributed by atoms with E-state index >= 15 is 0 Å². The van der Waals surface area contributed by atoms with Gasteiger partial charge in [0.25, 0.3) is 0 Å². The molecule has 1 aromatic heterocycles. The lowest BCUT2D eigenvalue weighted by molar-refractivity contribution is -0.116. The van der Waals surface area contributed by atoms with Crippen LogP contribution in [-0.4, -0.2) is 52.5 Å². The van der Waals surface area contributed by atoms with Gasteiger partial charge in [-0.25, -0.2) is 13.1 Å². The predicted octanol–water partition coefficient (Wildman–Crippen LogP) is 2.69. The monoisotopic (exact) mass is 443 g/mol. The molecule has 31 heavy (non-hydrogen) atoms. The third kappa shape index (κ3) is 4.97. The van der Waals surface area contributed by atoms with E-state index in [1.54, 1.807) is 48.9 Å². The van der Waals surface area contributed by atoms with Gasteiger partial charge < -0.3 is 5.32 Å². The second-order valence-corrected chi connectivity index (χ2v) is 8.93. The first-order valence-electron chi connectivity index (χ1n) is 10.0. The fourth-order valence-electron chi connectivity index (χ4n) is 3.24. The van der Waals surface area contributed by atoms with Gasteiger partial charge in [0.15, 0.2) is 5.78 Å². The van der Waals surface area contributed by atoms with Crippen molar-refractivity contribution in [1.82, 2.24) is 19.3 Å². The number of fused-ring (bicyclic) bond motifs is 1. The number of benzene rings is 2. The summed E-state index contributed by atoms with van der Waals surface area (Å²) in [5.41, 5.74) is 2.16. The number of aromatic nitrogens is 3. The number of anilines is 1. The number of nitrogens with one attached hydrogen (secondary N) is 1. The topological polar surface area (TPSA) is 114 Å². The van der Waals surface area contributed by atoms with E-state index in [2.05, 4.69) is 15.6 Å².